The predicted octanol–water partition coefficient (Wildman–Crippen LogP) is 3.92. The molecule has 0 saturated carbocycles. The third kappa shape index (κ3) is 5.52. The van der Waals surface area contributed by atoms with Crippen LogP contribution in [0.15, 0.2) is 51.7 Å². The molecule has 1 aromatic heterocycles. The minimum Gasteiger partial charge on any atom is -0.480 e. The average Bonchev–Trinajstić information content (AvgIpc) is 2.74. The Kier molecular flexibility index (Phi) is 7.47. The van der Waals surface area contributed by atoms with Crippen LogP contribution in [0.3, 0.4) is 0 Å². The standard InChI is InChI=1S/C25H29NO5/c1-16-13-21(30-18(3)24(27)26-11-8-12-29-4)23-17(2)20(25(28)31-22(23)14-16)15-19-9-6-5-7-10-19/h5-7,9-10,13-14,18H,8,11-12,15H2,1-4H3,(H,26,27)/t18-/m0/s1. The van der Waals surface area contributed by atoms with Crippen molar-refractivity contribution in [1.29, 1.82) is 0 Å². The molecule has 0 bridgehead atoms. The lowest BCUT2D eigenvalue weighted by molar-refractivity contribution is -0.127. The quantitative estimate of drug-likeness (QED) is 0.417. The van der Waals surface area contributed by atoms with Crippen molar-refractivity contribution in [3.05, 3.63) is 75.1 Å². The predicted molar refractivity (Wildman–Crippen MR) is 121 cm³/mol. The normalized spacial score (nSPS) is 12.0. The van der Waals surface area contributed by atoms with Crippen molar-refractivity contribution >= 4 is 16.9 Å². The fourth-order valence-electron chi connectivity index (χ4n) is 3.55. The van der Waals surface area contributed by atoms with Gasteiger partial charge in [-0.1, -0.05) is 30.3 Å². The van der Waals surface area contributed by atoms with Crippen LogP contribution in [0.25, 0.3) is 11.0 Å². The summed E-state index contributed by atoms with van der Waals surface area (Å²) in [5.41, 5.74) is 3.41. The molecule has 3 aromatic rings. The Hall–Kier alpha value is -3.12. The van der Waals surface area contributed by atoms with Gasteiger partial charge in [0.1, 0.15) is 11.3 Å². The molecule has 0 spiro atoms. The Morgan fingerprint density at radius 1 is 1.16 bits per heavy atom. The molecule has 6 nitrogen and oxygen atoms in total. The van der Waals surface area contributed by atoms with Gasteiger partial charge < -0.3 is 19.2 Å². The highest BCUT2D eigenvalue weighted by atomic mass is 16.5. The molecule has 0 unspecified atom stereocenters. The number of methoxy groups -OCH3 is 1. The lowest BCUT2D eigenvalue weighted by Crippen LogP contribution is -2.37. The van der Waals surface area contributed by atoms with E-state index in [1.807, 2.05) is 56.3 Å². The number of carbonyl (C=O) groups excluding carboxylic acids is 1. The van der Waals surface area contributed by atoms with E-state index in [4.69, 9.17) is 13.9 Å². The van der Waals surface area contributed by atoms with E-state index in [0.717, 1.165) is 28.5 Å². The van der Waals surface area contributed by atoms with Crippen molar-refractivity contribution in [2.45, 2.75) is 39.7 Å². The molecule has 0 saturated heterocycles. The number of hydrogen-bond donors (Lipinski definition) is 1. The van der Waals surface area contributed by atoms with Crippen LogP contribution in [-0.4, -0.2) is 32.3 Å². The van der Waals surface area contributed by atoms with Crippen LogP contribution >= 0.6 is 0 Å². The molecular formula is C25H29NO5. The minimum atomic E-state index is -0.698. The van der Waals surface area contributed by atoms with Crippen LogP contribution in [-0.2, 0) is 16.0 Å². The van der Waals surface area contributed by atoms with Crippen molar-refractivity contribution in [2.24, 2.45) is 0 Å². The number of rotatable bonds is 9. The van der Waals surface area contributed by atoms with E-state index in [0.29, 0.717) is 36.5 Å². The molecule has 1 amide bonds. The zero-order valence-corrected chi connectivity index (χ0v) is 18.5. The Morgan fingerprint density at radius 3 is 2.61 bits per heavy atom. The van der Waals surface area contributed by atoms with Crippen LogP contribution in [0.5, 0.6) is 5.75 Å². The summed E-state index contributed by atoms with van der Waals surface area (Å²) >= 11 is 0. The number of aryl methyl sites for hydroxylation is 2. The van der Waals surface area contributed by atoms with E-state index in [1.165, 1.54) is 0 Å². The summed E-state index contributed by atoms with van der Waals surface area (Å²) in [4.78, 5) is 25.1. The molecule has 0 fully saturated rings. The molecule has 3 rings (SSSR count). The van der Waals surface area contributed by atoms with E-state index in [2.05, 4.69) is 5.32 Å². The van der Waals surface area contributed by atoms with Crippen LogP contribution in [0.1, 0.15) is 35.6 Å². The molecule has 0 aliphatic rings. The number of ether oxygens (including phenoxy) is 2. The summed E-state index contributed by atoms with van der Waals surface area (Å²) in [6.07, 6.45) is 0.500. The van der Waals surface area contributed by atoms with Crippen LogP contribution in [0, 0.1) is 13.8 Å². The lowest BCUT2D eigenvalue weighted by Gasteiger charge is -2.18. The molecule has 0 aliphatic carbocycles. The summed E-state index contributed by atoms with van der Waals surface area (Å²) in [6.45, 7) is 6.61. The summed E-state index contributed by atoms with van der Waals surface area (Å²) in [5, 5.41) is 3.57. The zero-order chi connectivity index (χ0) is 22.4. The first-order chi connectivity index (χ1) is 14.9. The SMILES string of the molecule is COCCCNC(=O)[C@H](C)Oc1cc(C)cc2oc(=O)c(Cc3ccccc3)c(C)c12. The lowest BCUT2D eigenvalue weighted by atomic mass is 9.98. The highest BCUT2D eigenvalue weighted by Gasteiger charge is 2.20. The number of fused-ring (bicyclic) bond motifs is 1. The van der Waals surface area contributed by atoms with Crippen LogP contribution in [0.2, 0.25) is 0 Å². The molecule has 0 aliphatic heterocycles. The smallest absolute Gasteiger partial charge is 0.340 e. The summed E-state index contributed by atoms with van der Waals surface area (Å²) in [7, 11) is 1.63. The number of nitrogens with one attached hydrogen (secondary N) is 1. The molecule has 1 atom stereocenters. The Labute approximate surface area is 182 Å². The second-order valence-corrected chi connectivity index (χ2v) is 7.69. The molecule has 1 N–H and O–H groups in total. The van der Waals surface area contributed by atoms with Gasteiger partial charge in [0.2, 0.25) is 0 Å². The number of carbonyl (C=O) groups is 1. The van der Waals surface area contributed by atoms with Crippen molar-refractivity contribution in [2.75, 3.05) is 20.3 Å². The van der Waals surface area contributed by atoms with E-state index in [1.54, 1.807) is 14.0 Å². The zero-order valence-electron chi connectivity index (χ0n) is 18.5. The maximum Gasteiger partial charge on any atom is 0.340 e. The van der Waals surface area contributed by atoms with Gasteiger partial charge in [0.05, 0.1) is 5.39 Å². The van der Waals surface area contributed by atoms with Gasteiger partial charge in [0.15, 0.2) is 6.10 Å². The molecular weight excluding hydrogens is 394 g/mol. The maximum absolute atomic E-state index is 12.7. The van der Waals surface area contributed by atoms with Crippen LogP contribution in [0.4, 0.5) is 0 Å². The van der Waals surface area contributed by atoms with Crippen molar-refractivity contribution in [3.63, 3.8) is 0 Å². The van der Waals surface area contributed by atoms with Gasteiger partial charge in [0.25, 0.3) is 5.91 Å². The molecule has 6 heteroatoms. The van der Waals surface area contributed by atoms with Gasteiger partial charge >= 0.3 is 5.63 Å². The number of hydrogen-bond acceptors (Lipinski definition) is 5. The van der Waals surface area contributed by atoms with Crippen molar-refractivity contribution in [1.82, 2.24) is 5.32 Å². The van der Waals surface area contributed by atoms with Gasteiger partial charge in [-0.2, -0.15) is 0 Å². The molecule has 1 heterocycles. The van der Waals surface area contributed by atoms with Gasteiger partial charge in [-0.3, -0.25) is 4.79 Å². The Morgan fingerprint density at radius 2 is 1.90 bits per heavy atom. The first kappa shape index (κ1) is 22.6. The fraction of sp³-hybridized carbons (Fsp3) is 0.360. The van der Waals surface area contributed by atoms with E-state index in [-0.39, 0.29) is 11.5 Å². The third-order valence-electron chi connectivity index (χ3n) is 5.21. The summed E-state index contributed by atoms with van der Waals surface area (Å²) < 4.78 is 16.7. The maximum atomic E-state index is 12.7. The molecule has 31 heavy (non-hydrogen) atoms. The Balaban J connectivity index is 1.93. The third-order valence-corrected chi connectivity index (χ3v) is 5.21. The minimum absolute atomic E-state index is 0.203. The Bertz CT molecular complexity index is 1100. The number of amides is 1. The average molecular weight is 424 g/mol. The first-order valence-electron chi connectivity index (χ1n) is 10.4. The second kappa shape index (κ2) is 10.3. The molecule has 2 aromatic carbocycles. The highest BCUT2D eigenvalue weighted by Crippen LogP contribution is 2.32. The summed E-state index contributed by atoms with van der Waals surface area (Å²) in [6, 6.07) is 13.5. The molecule has 0 radical (unpaired) electrons. The van der Waals surface area contributed by atoms with E-state index >= 15 is 0 Å². The van der Waals surface area contributed by atoms with E-state index in [9.17, 15) is 9.59 Å². The van der Waals surface area contributed by atoms with E-state index < -0.39 is 6.10 Å². The van der Waals surface area contributed by atoms with Gasteiger partial charge in [-0.15, -0.1) is 0 Å². The second-order valence-electron chi connectivity index (χ2n) is 7.69. The highest BCUT2D eigenvalue weighted by molar-refractivity contribution is 5.89. The largest absolute Gasteiger partial charge is 0.480 e. The number of benzene rings is 2. The van der Waals surface area contributed by atoms with Gasteiger partial charge in [0, 0.05) is 32.2 Å². The van der Waals surface area contributed by atoms with Crippen molar-refractivity contribution in [3.8, 4) is 5.75 Å². The fourth-order valence-corrected chi connectivity index (χ4v) is 3.55. The molecule has 164 valence electrons. The first-order valence-corrected chi connectivity index (χ1v) is 10.4. The van der Waals surface area contributed by atoms with Gasteiger partial charge in [-0.05, 0) is 56.0 Å². The van der Waals surface area contributed by atoms with Crippen molar-refractivity contribution < 1.29 is 18.7 Å². The monoisotopic (exact) mass is 423 g/mol. The van der Waals surface area contributed by atoms with Crippen LogP contribution < -0.4 is 15.7 Å². The topological polar surface area (TPSA) is 77.8 Å². The van der Waals surface area contributed by atoms with Gasteiger partial charge in [-0.25, -0.2) is 4.79 Å². The summed E-state index contributed by atoms with van der Waals surface area (Å²) in [5.74, 6) is 0.329.